The van der Waals surface area contributed by atoms with Gasteiger partial charge in [0.05, 0.1) is 30.9 Å². The van der Waals surface area contributed by atoms with Crippen LogP contribution in [-0.4, -0.2) is 131 Å². The van der Waals surface area contributed by atoms with E-state index in [4.69, 9.17) is 14.6 Å². The molecule has 2 fully saturated rings. The number of rotatable bonds is 12. The summed E-state index contributed by atoms with van der Waals surface area (Å²) in [4.78, 5) is 72.0. The second-order valence-corrected chi connectivity index (χ2v) is 14.4. The van der Waals surface area contributed by atoms with E-state index in [2.05, 4.69) is 10.6 Å². The summed E-state index contributed by atoms with van der Waals surface area (Å²) in [6.45, 7) is 7.28. The molecule has 1 aromatic heterocycles. The Morgan fingerprint density at radius 3 is 2.21 bits per heavy atom. The van der Waals surface area contributed by atoms with E-state index >= 15 is 0 Å². The van der Waals surface area contributed by atoms with E-state index in [1.165, 1.54) is 28.5 Å². The van der Waals surface area contributed by atoms with Crippen molar-refractivity contribution in [3.63, 3.8) is 0 Å². The number of aliphatic hydroxyl groups excluding tert-OH is 1. The van der Waals surface area contributed by atoms with Crippen LogP contribution in [0.25, 0.3) is 10.9 Å². The van der Waals surface area contributed by atoms with Crippen molar-refractivity contribution in [2.45, 2.75) is 77.5 Å². The van der Waals surface area contributed by atoms with Crippen molar-refractivity contribution in [2.75, 3.05) is 59.6 Å². The molecule has 2 aliphatic rings. The standard InChI is InChI=1S/C36H52F2N6O8/c1-22(41(5)35(50)52-36(2,3)4)31(46)40-29(23-10-8-7-9-11-23)33(48)43-13-15-44(16-14-43)34(49)30-28(32(47)39-12-18-51-19-17-45)24-20-25(37)26(38)21-27(24)42(30)6/h20-23,29,45H,7-19H2,1-6H3,(H,39,47)(H,40,46)/t22-,29-/m0/s1. The summed E-state index contributed by atoms with van der Waals surface area (Å²) in [5, 5.41) is 14.6. The molecule has 1 saturated heterocycles. The third-order valence-electron chi connectivity index (χ3n) is 9.64. The molecule has 1 aliphatic carbocycles. The van der Waals surface area contributed by atoms with Crippen LogP contribution in [0.15, 0.2) is 12.1 Å². The minimum atomic E-state index is -1.17. The van der Waals surface area contributed by atoms with Gasteiger partial charge in [0, 0.05) is 58.3 Å². The number of benzene rings is 1. The number of aromatic nitrogens is 1. The Hall–Kier alpha value is -4.31. The molecule has 52 heavy (non-hydrogen) atoms. The molecule has 1 saturated carbocycles. The topological polar surface area (TPSA) is 163 Å². The predicted octanol–water partition coefficient (Wildman–Crippen LogP) is 2.80. The predicted molar refractivity (Wildman–Crippen MR) is 188 cm³/mol. The molecule has 1 aromatic carbocycles. The fourth-order valence-electron chi connectivity index (χ4n) is 6.67. The maximum absolute atomic E-state index is 14.4. The molecule has 0 radical (unpaired) electrons. The van der Waals surface area contributed by atoms with Gasteiger partial charge >= 0.3 is 6.09 Å². The number of aryl methyl sites for hydroxylation is 1. The fraction of sp³-hybridized carbons (Fsp3) is 0.639. The Bertz CT molecular complexity index is 1630. The zero-order chi connectivity index (χ0) is 38.3. The summed E-state index contributed by atoms with van der Waals surface area (Å²) in [5.41, 5.74) is -0.786. The van der Waals surface area contributed by atoms with E-state index in [0.717, 1.165) is 44.2 Å². The average Bonchev–Trinajstić information content (AvgIpc) is 3.39. The van der Waals surface area contributed by atoms with Crippen LogP contribution in [0.3, 0.4) is 0 Å². The van der Waals surface area contributed by atoms with Gasteiger partial charge in [0.2, 0.25) is 11.8 Å². The van der Waals surface area contributed by atoms with Crippen molar-refractivity contribution in [3.05, 3.63) is 35.0 Å². The number of nitrogens with one attached hydrogen (secondary N) is 2. The molecule has 1 aliphatic heterocycles. The number of piperazine rings is 1. The highest BCUT2D eigenvalue weighted by atomic mass is 19.2. The first kappa shape index (κ1) is 40.5. The molecule has 0 bridgehead atoms. The molecular formula is C36H52F2N6O8. The van der Waals surface area contributed by atoms with Crippen LogP contribution in [0.5, 0.6) is 0 Å². The quantitative estimate of drug-likeness (QED) is 0.281. The molecule has 288 valence electrons. The van der Waals surface area contributed by atoms with Gasteiger partial charge in [0.25, 0.3) is 11.8 Å². The van der Waals surface area contributed by atoms with Crippen molar-refractivity contribution < 1.29 is 47.3 Å². The minimum Gasteiger partial charge on any atom is -0.444 e. The van der Waals surface area contributed by atoms with E-state index in [1.807, 2.05) is 0 Å². The summed E-state index contributed by atoms with van der Waals surface area (Å²) in [5.74, 6) is -4.40. The van der Waals surface area contributed by atoms with Crippen molar-refractivity contribution in [1.29, 1.82) is 0 Å². The number of hydrogen-bond donors (Lipinski definition) is 3. The van der Waals surface area contributed by atoms with Crippen LogP contribution in [-0.2, 0) is 26.1 Å². The van der Waals surface area contributed by atoms with Gasteiger partial charge in [0.15, 0.2) is 11.6 Å². The van der Waals surface area contributed by atoms with Crippen LogP contribution in [0.2, 0.25) is 0 Å². The second-order valence-electron chi connectivity index (χ2n) is 14.4. The summed E-state index contributed by atoms with van der Waals surface area (Å²) < 4.78 is 40.7. The van der Waals surface area contributed by atoms with Crippen molar-refractivity contribution in [1.82, 2.24) is 29.9 Å². The number of nitrogens with zero attached hydrogens (tertiary/aromatic N) is 4. The Morgan fingerprint density at radius 2 is 1.60 bits per heavy atom. The third kappa shape index (κ3) is 9.56. The summed E-state index contributed by atoms with van der Waals surface area (Å²) in [6.07, 6.45) is 3.73. The van der Waals surface area contributed by atoms with Crippen LogP contribution in [0.4, 0.5) is 13.6 Å². The Balaban J connectivity index is 1.50. The molecule has 2 aromatic rings. The van der Waals surface area contributed by atoms with Crippen LogP contribution >= 0.6 is 0 Å². The highest BCUT2D eigenvalue weighted by Crippen LogP contribution is 2.30. The lowest BCUT2D eigenvalue weighted by Crippen LogP contribution is -2.60. The molecule has 16 heteroatoms. The second kappa shape index (κ2) is 17.5. The maximum Gasteiger partial charge on any atom is 0.410 e. The van der Waals surface area contributed by atoms with Gasteiger partial charge in [0.1, 0.15) is 23.4 Å². The number of ether oxygens (including phenoxy) is 2. The normalized spacial score (nSPS) is 16.7. The fourth-order valence-corrected chi connectivity index (χ4v) is 6.67. The van der Waals surface area contributed by atoms with E-state index in [1.54, 1.807) is 32.6 Å². The van der Waals surface area contributed by atoms with Gasteiger partial charge < -0.3 is 39.6 Å². The highest BCUT2D eigenvalue weighted by molar-refractivity contribution is 6.16. The number of aliphatic hydroxyl groups is 1. The summed E-state index contributed by atoms with van der Waals surface area (Å²) in [7, 11) is 2.96. The van der Waals surface area contributed by atoms with E-state index in [0.29, 0.717) is 0 Å². The number of carbonyl (C=O) groups excluding carboxylic acids is 5. The van der Waals surface area contributed by atoms with E-state index in [-0.39, 0.29) is 86.5 Å². The molecule has 2 heterocycles. The lowest BCUT2D eigenvalue weighted by atomic mass is 9.83. The largest absolute Gasteiger partial charge is 0.444 e. The number of carbonyl (C=O) groups is 5. The average molecular weight is 735 g/mol. The lowest BCUT2D eigenvalue weighted by molar-refractivity contribution is -0.140. The first-order valence-corrected chi connectivity index (χ1v) is 17.8. The zero-order valence-electron chi connectivity index (χ0n) is 30.9. The molecule has 14 nitrogen and oxygen atoms in total. The van der Waals surface area contributed by atoms with Crippen molar-refractivity contribution in [3.8, 4) is 0 Å². The van der Waals surface area contributed by atoms with Gasteiger partial charge in [-0.3, -0.25) is 24.1 Å². The Labute approximate surface area is 302 Å². The highest BCUT2D eigenvalue weighted by Gasteiger charge is 2.38. The molecular weight excluding hydrogens is 682 g/mol. The van der Waals surface area contributed by atoms with Gasteiger partial charge in [-0.25, -0.2) is 13.6 Å². The molecule has 3 N–H and O–H groups in total. The number of hydrogen-bond acceptors (Lipinski definition) is 8. The van der Waals surface area contributed by atoms with E-state index in [9.17, 15) is 32.8 Å². The molecule has 4 rings (SSSR count). The van der Waals surface area contributed by atoms with Gasteiger partial charge in [-0.05, 0) is 52.5 Å². The molecule has 0 unspecified atom stereocenters. The molecule has 0 spiro atoms. The SMILES string of the molecule is C[C@@H](C(=O)N[C@H](C(=O)N1CCN(C(=O)c2c(C(=O)NCCOCCO)c3cc(F)c(F)cc3n2C)CC1)C1CCCCC1)N(C)C(=O)OC(C)(C)C. The first-order valence-electron chi connectivity index (χ1n) is 17.8. The summed E-state index contributed by atoms with van der Waals surface area (Å²) >= 11 is 0. The number of likely N-dealkylation sites (N-methyl/N-ethyl adjacent to an activating group) is 1. The van der Waals surface area contributed by atoms with Gasteiger partial charge in [-0.2, -0.15) is 0 Å². The number of fused-ring (bicyclic) bond motifs is 1. The Morgan fingerprint density at radius 1 is 0.981 bits per heavy atom. The van der Waals surface area contributed by atoms with Crippen molar-refractivity contribution >= 4 is 40.6 Å². The zero-order valence-corrected chi connectivity index (χ0v) is 30.9. The summed E-state index contributed by atoms with van der Waals surface area (Å²) in [6, 6.07) is 0.0843. The maximum atomic E-state index is 14.4. The lowest BCUT2D eigenvalue weighted by Gasteiger charge is -2.39. The van der Waals surface area contributed by atoms with Crippen molar-refractivity contribution in [2.24, 2.45) is 13.0 Å². The van der Waals surface area contributed by atoms with Crippen LogP contribution in [0, 0.1) is 17.6 Å². The number of amides is 5. The molecule has 2 atom stereocenters. The Kier molecular flexibility index (Phi) is 13.6. The third-order valence-corrected chi connectivity index (χ3v) is 9.64. The first-order chi connectivity index (χ1) is 24.5. The smallest absolute Gasteiger partial charge is 0.410 e. The van der Waals surface area contributed by atoms with Crippen LogP contribution in [0.1, 0.15) is 80.6 Å². The van der Waals surface area contributed by atoms with E-state index < -0.39 is 53.1 Å². The van der Waals surface area contributed by atoms with Gasteiger partial charge in [-0.15, -0.1) is 0 Å². The van der Waals surface area contributed by atoms with Crippen LogP contribution < -0.4 is 10.6 Å². The molecule has 5 amide bonds. The number of halogens is 2. The minimum absolute atomic E-state index is 0.0437. The van der Waals surface area contributed by atoms with Gasteiger partial charge in [-0.1, -0.05) is 19.3 Å². The monoisotopic (exact) mass is 734 g/mol.